The van der Waals surface area contributed by atoms with Crippen LogP contribution in [0.4, 0.5) is 17.3 Å². The van der Waals surface area contributed by atoms with E-state index < -0.39 is 9.84 Å². The van der Waals surface area contributed by atoms with E-state index in [4.69, 9.17) is 0 Å². The lowest BCUT2D eigenvalue weighted by Crippen LogP contribution is -2.01. The minimum Gasteiger partial charge on any atom is -0.373 e. The number of rotatable bonds is 4. The van der Waals surface area contributed by atoms with Crippen LogP contribution in [0.1, 0.15) is 5.82 Å². The summed E-state index contributed by atoms with van der Waals surface area (Å²) in [5.41, 5.74) is 0.762. The summed E-state index contributed by atoms with van der Waals surface area (Å²) in [6.45, 7) is 1.80. The number of nitrogens with one attached hydrogen (secondary N) is 2. The van der Waals surface area contributed by atoms with Crippen LogP contribution in [0.25, 0.3) is 0 Å². The van der Waals surface area contributed by atoms with E-state index in [1.54, 1.807) is 44.3 Å². The third kappa shape index (κ3) is 3.45. The monoisotopic (exact) mass is 292 g/mol. The molecule has 106 valence electrons. The van der Waals surface area contributed by atoms with Gasteiger partial charge in [-0.1, -0.05) is 0 Å². The fraction of sp³-hybridized carbons (Fsp3) is 0.231. The first-order chi connectivity index (χ1) is 9.38. The lowest BCUT2D eigenvalue weighted by atomic mass is 10.3. The molecular formula is C13H16N4O2S. The summed E-state index contributed by atoms with van der Waals surface area (Å²) in [6, 6.07) is 8.30. The van der Waals surface area contributed by atoms with E-state index in [9.17, 15) is 8.42 Å². The van der Waals surface area contributed by atoms with E-state index >= 15 is 0 Å². The fourth-order valence-corrected chi connectivity index (χ4v) is 2.32. The van der Waals surface area contributed by atoms with E-state index in [0.29, 0.717) is 17.5 Å². The van der Waals surface area contributed by atoms with Crippen LogP contribution in [0.2, 0.25) is 0 Å². The van der Waals surface area contributed by atoms with Gasteiger partial charge in [-0.3, -0.25) is 0 Å². The summed E-state index contributed by atoms with van der Waals surface area (Å²) in [6.07, 6.45) is 1.18. The number of nitrogens with zero attached hydrogens (tertiary/aromatic N) is 2. The lowest BCUT2D eigenvalue weighted by Gasteiger charge is -2.08. The Morgan fingerprint density at radius 2 is 1.65 bits per heavy atom. The first kappa shape index (κ1) is 14.3. The number of anilines is 3. The number of aromatic nitrogens is 2. The van der Waals surface area contributed by atoms with Crippen LogP contribution in [-0.4, -0.2) is 31.7 Å². The molecule has 0 aliphatic heterocycles. The molecule has 0 saturated carbocycles. The highest BCUT2D eigenvalue weighted by molar-refractivity contribution is 7.90. The molecule has 20 heavy (non-hydrogen) atoms. The van der Waals surface area contributed by atoms with Gasteiger partial charge in [-0.2, -0.15) is 0 Å². The van der Waals surface area contributed by atoms with Crippen LogP contribution < -0.4 is 10.6 Å². The Labute approximate surface area is 118 Å². The molecule has 0 fully saturated rings. The van der Waals surface area contributed by atoms with E-state index in [2.05, 4.69) is 20.6 Å². The highest BCUT2D eigenvalue weighted by atomic mass is 32.2. The molecule has 0 aliphatic rings. The van der Waals surface area contributed by atoms with Gasteiger partial charge in [0.1, 0.15) is 17.5 Å². The molecule has 0 spiro atoms. The van der Waals surface area contributed by atoms with Crippen LogP contribution >= 0.6 is 0 Å². The predicted molar refractivity (Wildman–Crippen MR) is 79.2 cm³/mol. The number of aryl methyl sites for hydroxylation is 1. The molecule has 0 atom stereocenters. The SMILES string of the molecule is CNc1cc(Nc2ccc(S(C)(=O)=O)cc2)nc(C)n1. The van der Waals surface area contributed by atoms with Crippen molar-refractivity contribution in [2.75, 3.05) is 23.9 Å². The molecule has 0 unspecified atom stereocenters. The van der Waals surface area contributed by atoms with Crippen molar-refractivity contribution in [1.29, 1.82) is 0 Å². The molecule has 6 nitrogen and oxygen atoms in total. The molecule has 1 heterocycles. The number of benzene rings is 1. The van der Waals surface area contributed by atoms with Crippen molar-refractivity contribution >= 4 is 27.2 Å². The quantitative estimate of drug-likeness (QED) is 0.896. The van der Waals surface area contributed by atoms with Crippen molar-refractivity contribution in [2.45, 2.75) is 11.8 Å². The van der Waals surface area contributed by atoms with Gasteiger partial charge in [-0.15, -0.1) is 0 Å². The number of hydrogen-bond acceptors (Lipinski definition) is 6. The van der Waals surface area contributed by atoms with Gasteiger partial charge in [0, 0.05) is 25.1 Å². The standard InChI is InChI=1S/C13H16N4O2S/c1-9-15-12(14-2)8-13(16-9)17-10-4-6-11(7-5-10)20(3,18)19/h4-8H,1-3H3,(H2,14,15,16,17). The van der Waals surface area contributed by atoms with Gasteiger partial charge in [-0.25, -0.2) is 18.4 Å². The van der Waals surface area contributed by atoms with Crippen molar-refractivity contribution in [3.63, 3.8) is 0 Å². The van der Waals surface area contributed by atoms with Crippen molar-refractivity contribution in [1.82, 2.24) is 9.97 Å². The summed E-state index contributed by atoms with van der Waals surface area (Å²) >= 11 is 0. The molecule has 1 aromatic heterocycles. The van der Waals surface area contributed by atoms with Crippen LogP contribution in [0.5, 0.6) is 0 Å². The maximum atomic E-state index is 11.4. The second-order valence-corrected chi connectivity index (χ2v) is 6.37. The molecule has 2 rings (SSSR count). The van der Waals surface area contributed by atoms with Gasteiger partial charge >= 0.3 is 0 Å². The largest absolute Gasteiger partial charge is 0.373 e. The Bertz CT molecular complexity index is 712. The molecule has 0 aliphatic carbocycles. The zero-order chi connectivity index (χ0) is 14.8. The lowest BCUT2D eigenvalue weighted by molar-refractivity contribution is 0.602. The van der Waals surface area contributed by atoms with Crippen LogP contribution in [0, 0.1) is 6.92 Å². The highest BCUT2D eigenvalue weighted by Gasteiger charge is 2.07. The Morgan fingerprint density at radius 1 is 1.05 bits per heavy atom. The summed E-state index contributed by atoms with van der Waals surface area (Å²) in [5, 5.41) is 6.06. The molecule has 2 N–H and O–H groups in total. The van der Waals surface area contributed by atoms with Gasteiger partial charge in [0.2, 0.25) is 0 Å². The zero-order valence-corrected chi connectivity index (χ0v) is 12.3. The smallest absolute Gasteiger partial charge is 0.175 e. The topological polar surface area (TPSA) is 84.0 Å². The minimum atomic E-state index is -3.17. The third-order valence-electron chi connectivity index (χ3n) is 2.65. The maximum Gasteiger partial charge on any atom is 0.175 e. The van der Waals surface area contributed by atoms with Gasteiger partial charge in [0.05, 0.1) is 4.90 Å². The van der Waals surface area contributed by atoms with Crippen molar-refractivity contribution in [3.05, 3.63) is 36.2 Å². The van der Waals surface area contributed by atoms with E-state index in [1.165, 1.54) is 6.26 Å². The van der Waals surface area contributed by atoms with Crippen LogP contribution in [0.15, 0.2) is 35.2 Å². The molecule has 7 heteroatoms. The van der Waals surface area contributed by atoms with Gasteiger partial charge in [0.25, 0.3) is 0 Å². The molecule has 1 aromatic carbocycles. The second-order valence-electron chi connectivity index (χ2n) is 4.36. The van der Waals surface area contributed by atoms with Gasteiger partial charge in [-0.05, 0) is 31.2 Å². The summed E-state index contributed by atoms with van der Waals surface area (Å²) in [4.78, 5) is 8.76. The van der Waals surface area contributed by atoms with Gasteiger partial charge in [0.15, 0.2) is 9.84 Å². The van der Waals surface area contributed by atoms with Crippen molar-refractivity contribution < 1.29 is 8.42 Å². The third-order valence-corrected chi connectivity index (χ3v) is 3.78. The molecule has 2 aromatic rings. The van der Waals surface area contributed by atoms with Crippen LogP contribution in [0.3, 0.4) is 0 Å². The van der Waals surface area contributed by atoms with Crippen molar-refractivity contribution in [2.24, 2.45) is 0 Å². The molecule has 0 saturated heterocycles. The molecule has 0 radical (unpaired) electrons. The predicted octanol–water partition coefficient (Wildman–Crippen LogP) is 1.97. The summed E-state index contributed by atoms with van der Waals surface area (Å²) in [5.74, 6) is 2.01. The Hall–Kier alpha value is -2.15. The van der Waals surface area contributed by atoms with Crippen LogP contribution in [-0.2, 0) is 9.84 Å². The average Bonchev–Trinajstić information content (AvgIpc) is 2.37. The maximum absolute atomic E-state index is 11.4. The highest BCUT2D eigenvalue weighted by Crippen LogP contribution is 2.19. The normalized spacial score (nSPS) is 11.2. The molecule has 0 amide bonds. The van der Waals surface area contributed by atoms with Gasteiger partial charge < -0.3 is 10.6 Å². The van der Waals surface area contributed by atoms with E-state index in [-0.39, 0.29) is 4.90 Å². The van der Waals surface area contributed by atoms with Crippen molar-refractivity contribution in [3.8, 4) is 0 Å². The summed E-state index contributed by atoms with van der Waals surface area (Å²) < 4.78 is 22.8. The average molecular weight is 292 g/mol. The second kappa shape index (κ2) is 5.46. The first-order valence-corrected chi connectivity index (χ1v) is 7.88. The van der Waals surface area contributed by atoms with E-state index in [0.717, 1.165) is 5.69 Å². The molecule has 0 bridgehead atoms. The number of hydrogen-bond donors (Lipinski definition) is 2. The minimum absolute atomic E-state index is 0.290. The zero-order valence-electron chi connectivity index (χ0n) is 11.5. The Morgan fingerprint density at radius 3 is 2.20 bits per heavy atom. The van der Waals surface area contributed by atoms with E-state index in [1.807, 2.05) is 0 Å². The number of sulfone groups is 1. The molecular weight excluding hydrogens is 276 g/mol. The first-order valence-electron chi connectivity index (χ1n) is 5.99. The summed E-state index contributed by atoms with van der Waals surface area (Å²) in [7, 11) is -1.39. The fourth-order valence-electron chi connectivity index (χ4n) is 1.69. The Kier molecular flexibility index (Phi) is 3.89. The Balaban J connectivity index is 2.24.